The molecule has 1 heterocycles. The Morgan fingerprint density at radius 1 is 1.67 bits per heavy atom. The van der Waals surface area contributed by atoms with Crippen molar-refractivity contribution in [1.29, 1.82) is 0 Å². The molecule has 3 N–H and O–H groups in total. The van der Waals surface area contributed by atoms with Crippen LogP contribution < -0.4 is 11.3 Å². The standard InChI is InChI=1S/C7H15N3O2/c1-6-4-2-3-5-10(6)12-7(11)9-8/h6H,2-5,8H2,1H3,(H,9,11)/t6-/m0/s1. The quantitative estimate of drug-likeness (QED) is 0.341. The summed E-state index contributed by atoms with van der Waals surface area (Å²) in [6.45, 7) is 2.83. The molecule has 0 spiro atoms. The number of carbonyl (C=O) groups is 1. The second kappa shape index (κ2) is 4.27. The zero-order valence-corrected chi connectivity index (χ0v) is 7.25. The Kier molecular flexibility index (Phi) is 3.31. The average Bonchev–Trinajstić information content (AvgIpc) is 2.09. The van der Waals surface area contributed by atoms with Crippen molar-refractivity contribution in [2.75, 3.05) is 6.54 Å². The Morgan fingerprint density at radius 2 is 2.42 bits per heavy atom. The molecule has 0 saturated carbocycles. The summed E-state index contributed by atoms with van der Waals surface area (Å²) < 4.78 is 0. The molecule has 0 aromatic rings. The number of rotatable bonds is 1. The van der Waals surface area contributed by atoms with Gasteiger partial charge >= 0.3 is 6.09 Å². The normalized spacial score (nSPS) is 25.0. The summed E-state index contributed by atoms with van der Waals surface area (Å²) in [5.74, 6) is 4.88. The van der Waals surface area contributed by atoms with Gasteiger partial charge in [-0.25, -0.2) is 10.6 Å². The van der Waals surface area contributed by atoms with Gasteiger partial charge in [0, 0.05) is 12.6 Å². The highest BCUT2D eigenvalue weighted by molar-refractivity contribution is 5.65. The fourth-order valence-corrected chi connectivity index (χ4v) is 1.34. The van der Waals surface area contributed by atoms with E-state index in [1.165, 1.54) is 6.42 Å². The minimum Gasteiger partial charge on any atom is -0.350 e. The molecule has 1 fully saturated rings. The Balaban J connectivity index is 2.33. The van der Waals surface area contributed by atoms with Crippen LogP contribution in [0.15, 0.2) is 0 Å². The molecule has 5 nitrogen and oxygen atoms in total. The number of hydrogen-bond acceptors (Lipinski definition) is 4. The van der Waals surface area contributed by atoms with Gasteiger partial charge in [-0.2, -0.15) is 0 Å². The van der Waals surface area contributed by atoms with Crippen LogP contribution in [0.2, 0.25) is 0 Å². The lowest BCUT2D eigenvalue weighted by atomic mass is 10.1. The van der Waals surface area contributed by atoms with E-state index in [4.69, 9.17) is 10.7 Å². The van der Waals surface area contributed by atoms with E-state index in [2.05, 4.69) is 0 Å². The molecule has 0 unspecified atom stereocenters. The Bertz CT molecular complexity index is 163. The van der Waals surface area contributed by atoms with Gasteiger partial charge in [0.05, 0.1) is 0 Å². The molecule has 5 heteroatoms. The number of hydrogen-bond donors (Lipinski definition) is 2. The number of nitrogens with zero attached hydrogens (tertiary/aromatic N) is 1. The lowest BCUT2D eigenvalue weighted by molar-refractivity contribution is -0.140. The van der Waals surface area contributed by atoms with Crippen LogP contribution in [0.5, 0.6) is 0 Å². The minimum absolute atomic E-state index is 0.302. The predicted octanol–water partition coefficient (Wildman–Crippen LogP) is 0.376. The van der Waals surface area contributed by atoms with Crippen LogP contribution in [0.1, 0.15) is 26.2 Å². The third kappa shape index (κ3) is 2.35. The molecule has 0 aromatic heterocycles. The molecule has 1 atom stereocenters. The van der Waals surface area contributed by atoms with Crippen molar-refractivity contribution in [1.82, 2.24) is 10.5 Å². The summed E-state index contributed by atoms with van der Waals surface area (Å²) >= 11 is 0. The molecular formula is C7H15N3O2. The predicted molar refractivity (Wildman–Crippen MR) is 43.8 cm³/mol. The Labute approximate surface area is 71.8 Å². The summed E-state index contributed by atoms with van der Waals surface area (Å²) in [4.78, 5) is 15.6. The van der Waals surface area contributed by atoms with Gasteiger partial charge < -0.3 is 4.84 Å². The summed E-state index contributed by atoms with van der Waals surface area (Å²) in [5.41, 5.74) is 1.93. The molecule has 0 bridgehead atoms. The van der Waals surface area contributed by atoms with Gasteiger partial charge in [-0.05, 0) is 19.8 Å². The van der Waals surface area contributed by atoms with Gasteiger partial charge in [0.25, 0.3) is 0 Å². The number of nitrogens with one attached hydrogen (secondary N) is 1. The van der Waals surface area contributed by atoms with Crippen LogP contribution in [-0.2, 0) is 4.84 Å². The number of piperidine rings is 1. The van der Waals surface area contributed by atoms with Crippen LogP contribution >= 0.6 is 0 Å². The monoisotopic (exact) mass is 173 g/mol. The number of hydrazine groups is 1. The van der Waals surface area contributed by atoms with Crippen LogP contribution in [0.25, 0.3) is 0 Å². The van der Waals surface area contributed by atoms with Crippen LogP contribution in [-0.4, -0.2) is 23.7 Å². The largest absolute Gasteiger partial charge is 0.440 e. The first-order chi connectivity index (χ1) is 5.74. The Hall–Kier alpha value is -0.810. The van der Waals surface area contributed by atoms with Gasteiger partial charge in [0.15, 0.2) is 0 Å². The van der Waals surface area contributed by atoms with E-state index < -0.39 is 6.09 Å². The van der Waals surface area contributed by atoms with Gasteiger partial charge in [0.1, 0.15) is 0 Å². The van der Waals surface area contributed by atoms with Crippen molar-refractivity contribution in [3.63, 3.8) is 0 Å². The van der Waals surface area contributed by atoms with Crippen molar-refractivity contribution in [2.45, 2.75) is 32.2 Å². The molecule has 0 aliphatic carbocycles. The van der Waals surface area contributed by atoms with Crippen LogP contribution in [0, 0.1) is 0 Å². The molecule has 1 rings (SSSR count). The molecular weight excluding hydrogens is 158 g/mol. The zero-order chi connectivity index (χ0) is 8.97. The number of carbonyl (C=O) groups excluding carboxylic acids is 1. The maximum atomic E-state index is 10.7. The molecule has 0 aromatic carbocycles. The van der Waals surface area contributed by atoms with E-state index in [1.54, 1.807) is 5.06 Å². The van der Waals surface area contributed by atoms with Crippen molar-refractivity contribution >= 4 is 6.09 Å². The van der Waals surface area contributed by atoms with Crippen molar-refractivity contribution in [2.24, 2.45) is 5.84 Å². The third-order valence-electron chi connectivity index (χ3n) is 2.06. The van der Waals surface area contributed by atoms with E-state index in [0.717, 1.165) is 19.4 Å². The summed E-state index contributed by atoms with van der Waals surface area (Å²) in [5, 5.41) is 1.67. The minimum atomic E-state index is -0.594. The number of amides is 1. The maximum Gasteiger partial charge on any atom is 0.440 e. The molecule has 1 aliphatic heterocycles. The van der Waals surface area contributed by atoms with Crippen molar-refractivity contribution < 1.29 is 9.63 Å². The third-order valence-corrected chi connectivity index (χ3v) is 2.06. The fourth-order valence-electron chi connectivity index (χ4n) is 1.34. The lowest BCUT2D eigenvalue weighted by Crippen LogP contribution is -2.43. The molecule has 12 heavy (non-hydrogen) atoms. The molecule has 1 saturated heterocycles. The molecule has 70 valence electrons. The highest BCUT2D eigenvalue weighted by Gasteiger charge is 2.21. The highest BCUT2D eigenvalue weighted by Crippen LogP contribution is 2.16. The number of nitrogens with two attached hydrogens (primary N) is 1. The smallest absolute Gasteiger partial charge is 0.350 e. The first-order valence-corrected chi connectivity index (χ1v) is 4.19. The zero-order valence-electron chi connectivity index (χ0n) is 7.25. The molecule has 1 aliphatic rings. The van der Waals surface area contributed by atoms with Gasteiger partial charge in [-0.1, -0.05) is 6.42 Å². The van der Waals surface area contributed by atoms with E-state index >= 15 is 0 Å². The molecule has 0 radical (unpaired) electrons. The Morgan fingerprint density at radius 3 is 3.00 bits per heavy atom. The van der Waals surface area contributed by atoms with Gasteiger partial charge in [-0.3, -0.25) is 5.43 Å². The van der Waals surface area contributed by atoms with E-state index in [0.29, 0.717) is 6.04 Å². The van der Waals surface area contributed by atoms with E-state index in [-0.39, 0.29) is 0 Å². The van der Waals surface area contributed by atoms with Crippen molar-refractivity contribution in [3.05, 3.63) is 0 Å². The van der Waals surface area contributed by atoms with E-state index in [1.807, 2.05) is 12.3 Å². The fraction of sp³-hybridized carbons (Fsp3) is 0.857. The van der Waals surface area contributed by atoms with Crippen molar-refractivity contribution in [3.8, 4) is 0 Å². The maximum absolute atomic E-state index is 10.7. The van der Waals surface area contributed by atoms with Crippen LogP contribution in [0.4, 0.5) is 4.79 Å². The van der Waals surface area contributed by atoms with Gasteiger partial charge in [0.2, 0.25) is 0 Å². The number of hydroxylamine groups is 2. The average molecular weight is 173 g/mol. The topological polar surface area (TPSA) is 67.6 Å². The van der Waals surface area contributed by atoms with Gasteiger partial charge in [-0.15, -0.1) is 5.06 Å². The second-order valence-corrected chi connectivity index (χ2v) is 3.01. The molecule has 1 amide bonds. The second-order valence-electron chi connectivity index (χ2n) is 3.01. The summed E-state index contributed by atoms with van der Waals surface area (Å²) in [6.07, 6.45) is 2.74. The lowest BCUT2D eigenvalue weighted by Gasteiger charge is -2.30. The summed E-state index contributed by atoms with van der Waals surface area (Å²) in [7, 11) is 0. The first kappa shape index (κ1) is 9.28. The highest BCUT2D eigenvalue weighted by atomic mass is 16.7. The van der Waals surface area contributed by atoms with Crippen LogP contribution in [0.3, 0.4) is 0 Å². The summed E-state index contributed by atoms with van der Waals surface area (Å²) in [6, 6.07) is 0.302. The SMILES string of the molecule is C[C@H]1CCCCN1OC(=O)NN. The first-order valence-electron chi connectivity index (χ1n) is 4.19. The van der Waals surface area contributed by atoms with E-state index in [9.17, 15) is 4.79 Å².